The van der Waals surface area contributed by atoms with Gasteiger partial charge in [-0.05, 0) is 35.8 Å². The summed E-state index contributed by atoms with van der Waals surface area (Å²) in [6, 6.07) is 8.22. The highest BCUT2D eigenvalue weighted by Crippen LogP contribution is 2.52. The number of guanidine groups is 1. The number of nitrogens with zero attached hydrogens (tertiary/aromatic N) is 2. The molecular formula is C23H30N4O3. The number of fused-ring (bicyclic) bond motifs is 5. The second-order valence-electron chi connectivity index (χ2n) is 8.29. The molecule has 4 rings (SSSR count). The largest absolute Gasteiger partial charge is 0.380 e. The zero-order valence-electron chi connectivity index (χ0n) is 17.6. The molecule has 2 aliphatic carbocycles. The number of hydrogen-bond acceptors (Lipinski definition) is 4. The Morgan fingerprint density at radius 3 is 2.50 bits per heavy atom. The van der Waals surface area contributed by atoms with Gasteiger partial charge in [0.1, 0.15) is 0 Å². The van der Waals surface area contributed by atoms with E-state index in [0.717, 1.165) is 17.5 Å². The van der Waals surface area contributed by atoms with E-state index in [-0.39, 0.29) is 35.5 Å². The van der Waals surface area contributed by atoms with Crippen LogP contribution in [-0.4, -0.2) is 49.9 Å². The average molecular weight is 411 g/mol. The molecule has 2 amide bonds. The van der Waals surface area contributed by atoms with Crippen LogP contribution < -0.4 is 10.6 Å². The van der Waals surface area contributed by atoms with Crippen LogP contribution in [0.3, 0.4) is 0 Å². The van der Waals surface area contributed by atoms with Gasteiger partial charge in [-0.3, -0.25) is 19.5 Å². The summed E-state index contributed by atoms with van der Waals surface area (Å²) < 4.78 is 5.18. The topological polar surface area (TPSA) is 83.0 Å². The third-order valence-corrected chi connectivity index (χ3v) is 6.40. The molecule has 4 unspecified atom stereocenters. The molecule has 2 N–H and O–H groups in total. The molecule has 2 bridgehead atoms. The molecule has 1 aromatic carbocycles. The molecule has 1 heterocycles. The summed E-state index contributed by atoms with van der Waals surface area (Å²) in [5.41, 5.74) is 2.28. The highest BCUT2D eigenvalue weighted by Gasteiger charge is 2.58. The van der Waals surface area contributed by atoms with Crippen molar-refractivity contribution in [2.45, 2.75) is 26.0 Å². The van der Waals surface area contributed by atoms with E-state index in [4.69, 9.17) is 4.74 Å². The Hall–Kier alpha value is -2.67. The number of hydrogen-bond donors (Lipinski definition) is 2. The Morgan fingerprint density at radius 1 is 1.13 bits per heavy atom. The molecule has 7 nitrogen and oxygen atoms in total. The summed E-state index contributed by atoms with van der Waals surface area (Å²) in [7, 11) is 3.42. The first-order valence-electron chi connectivity index (χ1n) is 10.7. The lowest BCUT2D eigenvalue weighted by Crippen LogP contribution is -2.39. The van der Waals surface area contributed by atoms with Gasteiger partial charge in [0.25, 0.3) is 0 Å². The molecular weight excluding hydrogens is 380 g/mol. The quantitative estimate of drug-likeness (QED) is 0.224. The second-order valence-corrected chi connectivity index (χ2v) is 8.29. The van der Waals surface area contributed by atoms with E-state index in [1.165, 1.54) is 4.90 Å². The van der Waals surface area contributed by atoms with E-state index in [1.807, 2.05) is 12.1 Å². The number of ether oxygens (including phenoxy) is 1. The SMILES string of the molecule is CN=C(NCCCN1C(=O)C2C3C=CC(C3)C2C1=O)NCc1cccc(COC)c1. The molecule has 0 aromatic heterocycles. The number of carbonyl (C=O) groups excluding carboxylic acids is 2. The maximum absolute atomic E-state index is 12.7. The molecule has 7 heteroatoms. The summed E-state index contributed by atoms with van der Waals surface area (Å²) in [5.74, 6) is 1.08. The van der Waals surface area contributed by atoms with Gasteiger partial charge in [-0.1, -0.05) is 36.4 Å². The fourth-order valence-corrected chi connectivity index (χ4v) is 5.03. The molecule has 160 valence electrons. The van der Waals surface area contributed by atoms with Crippen LogP contribution in [0.5, 0.6) is 0 Å². The molecule has 1 aromatic rings. The third kappa shape index (κ3) is 3.99. The van der Waals surface area contributed by atoms with E-state index in [0.29, 0.717) is 38.6 Å². The summed E-state index contributed by atoms with van der Waals surface area (Å²) in [6.45, 7) is 2.35. The van der Waals surface area contributed by atoms with Gasteiger partial charge in [0.05, 0.1) is 18.4 Å². The second kappa shape index (κ2) is 9.00. The van der Waals surface area contributed by atoms with Crippen molar-refractivity contribution >= 4 is 17.8 Å². The summed E-state index contributed by atoms with van der Waals surface area (Å²) in [4.78, 5) is 31.2. The smallest absolute Gasteiger partial charge is 0.233 e. The number of carbonyl (C=O) groups is 2. The highest BCUT2D eigenvalue weighted by atomic mass is 16.5. The van der Waals surface area contributed by atoms with Crippen molar-refractivity contribution in [2.24, 2.45) is 28.7 Å². The minimum atomic E-state index is -0.108. The molecule has 1 saturated carbocycles. The third-order valence-electron chi connectivity index (χ3n) is 6.40. The lowest BCUT2D eigenvalue weighted by molar-refractivity contribution is -0.140. The number of methoxy groups -OCH3 is 1. The fourth-order valence-electron chi connectivity index (χ4n) is 5.03. The number of rotatable bonds is 8. The van der Waals surface area contributed by atoms with E-state index >= 15 is 0 Å². The maximum Gasteiger partial charge on any atom is 0.233 e. The van der Waals surface area contributed by atoms with Crippen molar-refractivity contribution in [1.82, 2.24) is 15.5 Å². The van der Waals surface area contributed by atoms with Crippen LogP contribution in [0.15, 0.2) is 41.4 Å². The van der Waals surface area contributed by atoms with Crippen LogP contribution in [-0.2, 0) is 27.5 Å². The number of likely N-dealkylation sites (tertiary alicyclic amines) is 1. The van der Waals surface area contributed by atoms with Gasteiger partial charge < -0.3 is 15.4 Å². The Balaban J connectivity index is 1.21. The molecule has 2 fully saturated rings. The Bertz CT molecular complexity index is 836. The van der Waals surface area contributed by atoms with E-state index in [9.17, 15) is 9.59 Å². The molecule has 4 atom stereocenters. The number of allylic oxidation sites excluding steroid dienone is 2. The zero-order chi connectivity index (χ0) is 21.1. The number of benzene rings is 1. The first kappa shape index (κ1) is 20.6. The molecule has 0 radical (unpaired) electrons. The Kier molecular flexibility index (Phi) is 6.18. The number of aliphatic imine (C=N–C) groups is 1. The molecule has 1 aliphatic heterocycles. The van der Waals surface area contributed by atoms with Crippen LogP contribution in [0.1, 0.15) is 24.0 Å². The van der Waals surface area contributed by atoms with Gasteiger partial charge >= 0.3 is 0 Å². The van der Waals surface area contributed by atoms with Crippen LogP contribution in [0, 0.1) is 23.7 Å². The van der Waals surface area contributed by atoms with Crippen molar-refractivity contribution in [3.8, 4) is 0 Å². The predicted octanol–water partition coefficient (Wildman–Crippen LogP) is 1.70. The minimum absolute atomic E-state index is 0.0281. The monoisotopic (exact) mass is 410 g/mol. The first-order valence-corrected chi connectivity index (χ1v) is 10.7. The van der Waals surface area contributed by atoms with Crippen LogP contribution in [0.4, 0.5) is 0 Å². The lowest BCUT2D eigenvalue weighted by Gasteiger charge is -2.18. The van der Waals surface area contributed by atoms with E-state index in [2.05, 4.69) is 39.9 Å². The molecule has 0 spiro atoms. The lowest BCUT2D eigenvalue weighted by atomic mass is 9.85. The summed E-state index contributed by atoms with van der Waals surface area (Å²) in [6.07, 6.45) is 5.92. The van der Waals surface area contributed by atoms with Gasteiger partial charge in [0.15, 0.2) is 5.96 Å². The van der Waals surface area contributed by atoms with Gasteiger partial charge in [-0.15, -0.1) is 0 Å². The highest BCUT2D eigenvalue weighted by molar-refractivity contribution is 6.06. The Labute approximate surface area is 177 Å². The van der Waals surface area contributed by atoms with E-state index in [1.54, 1.807) is 14.2 Å². The van der Waals surface area contributed by atoms with Gasteiger partial charge in [-0.25, -0.2) is 0 Å². The van der Waals surface area contributed by atoms with Crippen molar-refractivity contribution < 1.29 is 14.3 Å². The number of amides is 2. The standard InChI is InChI=1S/C23H30N4O3/c1-24-23(26-13-15-5-3-6-16(11-15)14-30-2)25-9-4-10-27-21(28)19-17-7-8-18(12-17)20(19)22(27)29/h3,5-8,11,17-20H,4,9-10,12-14H2,1-2H3,(H2,24,25,26). The number of nitrogens with one attached hydrogen (secondary N) is 2. The van der Waals surface area contributed by atoms with E-state index < -0.39 is 0 Å². The van der Waals surface area contributed by atoms with Crippen LogP contribution >= 0.6 is 0 Å². The first-order chi connectivity index (χ1) is 14.6. The molecule has 3 aliphatic rings. The molecule has 30 heavy (non-hydrogen) atoms. The van der Waals surface area contributed by atoms with Gasteiger partial charge in [0.2, 0.25) is 11.8 Å². The number of imide groups is 1. The van der Waals surface area contributed by atoms with Crippen molar-refractivity contribution in [2.75, 3.05) is 27.2 Å². The zero-order valence-corrected chi connectivity index (χ0v) is 17.6. The Morgan fingerprint density at radius 2 is 1.83 bits per heavy atom. The van der Waals surface area contributed by atoms with Crippen LogP contribution in [0.2, 0.25) is 0 Å². The van der Waals surface area contributed by atoms with Crippen LogP contribution in [0.25, 0.3) is 0 Å². The van der Waals surface area contributed by atoms with Crippen molar-refractivity contribution in [3.63, 3.8) is 0 Å². The maximum atomic E-state index is 12.7. The fraction of sp³-hybridized carbons (Fsp3) is 0.522. The molecule has 1 saturated heterocycles. The average Bonchev–Trinajstić information content (AvgIpc) is 3.43. The predicted molar refractivity (Wildman–Crippen MR) is 114 cm³/mol. The van der Waals surface area contributed by atoms with Gasteiger partial charge in [0, 0.05) is 33.8 Å². The van der Waals surface area contributed by atoms with Crippen molar-refractivity contribution in [1.29, 1.82) is 0 Å². The normalized spacial score (nSPS) is 27.1. The van der Waals surface area contributed by atoms with Crippen molar-refractivity contribution in [3.05, 3.63) is 47.5 Å². The van der Waals surface area contributed by atoms with Gasteiger partial charge in [-0.2, -0.15) is 0 Å². The summed E-state index contributed by atoms with van der Waals surface area (Å²) in [5, 5.41) is 6.56. The summed E-state index contributed by atoms with van der Waals surface area (Å²) >= 11 is 0. The minimum Gasteiger partial charge on any atom is -0.380 e.